The fourth-order valence-electron chi connectivity index (χ4n) is 3.94. The lowest BCUT2D eigenvalue weighted by Crippen LogP contribution is -2.36. The third-order valence-corrected chi connectivity index (χ3v) is 7.87. The normalized spacial score (nSPS) is 14.6. The molecule has 5 rings (SSSR count). The minimum absolute atomic E-state index is 0.0412. The van der Waals surface area contributed by atoms with Crippen LogP contribution in [0.2, 0.25) is 0 Å². The lowest BCUT2D eigenvalue weighted by molar-refractivity contribution is 0.391. The van der Waals surface area contributed by atoms with Gasteiger partial charge in [-0.25, -0.2) is 22.3 Å². The van der Waals surface area contributed by atoms with Crippen molar-refractivity contribution in [1.29, 1.82) is 0 Å². The summed E-state index contributed by atoms with van der Waals surface area (Å²) in [5.41, 5.74) is 2.82. The Morgan fingerprint density at radius 2 is 1.81 bits per heavy atom. The molecule has 2 aromatic heterocycles. The summed E-state index contributed by atoms with van der Waals surface area (Å²) >= 11 is 3.42. The molecule has 31 heavy (non-hydrogen) atoms. The van der Waals surface area contributed by atoms with E-state index in [1.165, 1.54) is 25.0 Å². The van der Waals surface area contributed by atoms with Gasteiger partial charge in [0.2, 0.25) is 10.0 Å². The van der Waals surface area contributed by atoms with Gasteiger partial charge in [0.15, 0.2) is 5.65 Å². The van der Waals surface area contributed by atoms with Crippen LogP contribution >= 0.6 is 15.9 Å². The number of nitrogens with zero attached hydrogens (tertiary/aromatic N) is 4. The standard InChI is InChI=1S/C22H19BrN4O3S/c23-19-8-3-5-16(13-19)14-27-22(28)26-11-4-9-20(21(26)24-27)31(29,30)25-12-10-17-6-1-2-7-18(17)15-25/h1-9,11,13H,10,12,14-15H2. The monoisotopic (exact) mass is 498 g/mol. The van der Waals surface area contributed by atoms with E-state index < -0.39 is 10.0 Å². The second-order valence-electron chi connectivity index (χ2n) is 7.49. The molecule has 4 aromatic rings. The Hall–Kier alpha value is -2.75. The first kappa shape index (κ1) is 20.2. The Balaban J connectivity index is 1.55. The quantitative estimate of drug-likeness (QED) is 0.433. The number of sulfonamides is 1. The number of aromatic nitrogens is 3. The molecular weight excluding hydrogens is 480 g/mol. The molecule has 158 valence electrons. The third kappa shape index (κ3) is 3.62. The van der Waals surface area contributed by atoms with Crippen LogP contribution in [0, 0.1) is 0 Å². The van der Waals surface area contributed by atoms with Crippen LogP contribution in [-0.4, -0.2) is 33.4 Å². The number of fused-ring (bicyclic) bond motifs is 2. The molecule has 0 spiro atoms. The van der Waals surface area contributed by atoms with Crippen molar-refractivity contribution in [3.05, 3.63) is 98.5 Å². The minimum Gasteiger partial charge on any atom is -0.249 e. The first-order valence-corrected chi connectivity index (χ1v) is 12.1. The summed E-state index contributed by atoms with van der Waals surface area (Å²) in [4.78, 5) is 12.9. The SMILES string of the molecule is O=c1n(Cc2cccc(Br)c2)nc2c(S(=O)(=O)N3CCc4ccccc4C3)cccn12. The molecule has 0 saturated heterocycles. The van der Waals surface area contributed by atoms with Crippen LogP contribution in [0.25, 0.3) is 5.65 Å². The topological polar surface area (TPSA) is 76.7 Å². The molecule has 0 bridgehead atoms. The van der Waals surface area contributed by atoms with Crippen molar-refractivity contribution in [3.63, 3.8) is 0 Å². The van der Waals surface area contributed by atoms with E-state index in [-0.39, 0.29) is 22.8 Å². The largest absolute Gasteiger partial charge is 0.350 e. The van der Waals surface area contributed by atoms with Crippen molar-refractivity contribution in [3.8, 4) is 0 Å². The molecule has 0 fully saturated rings. The van der Waals surface area contributed by atoms with Crippen LogP contribution < -0.4 is 5.69 Å². The van der Waals surface area contributed by atoms with Gasteiger partial charge in [-0.1, -0.05) is 52.3 Å². The Labute approximate surface area is 187 Å². The molecule has 0 N–H and O–H groups in total. The van der Waals surface area contributed by atoms with E-state index in [4.69, 9.17) is 0 Å². The summed E-state index contributed by atoms with van der Waals surface area (Å²) in [7, 11) is -3.82. The number of rotatable bonds is 4. The van der Waals surface area contributed by atoms with Crippen LogP contribution in [0.3, 0.4) is 0 Å². The van der Waals surface area contributed by atoms with Gasteiger partial charge in [0, 0.05) is 23.8 Å². The van der Waals surface area contributed by atoms with Crippen LogP contribution in [0.15, 0.2) is 81.0 Å². The van der Waals surface area contributed by atoms with Gasteiger partial charge in [-0.15, -0.1) is 5.10 Å². The molecule has 0 atom stereocenters. The van der Waals surface area contributed by atoms with Gasteiger partial charge in [0.05, 0.1) is 6.54 Å². The summed E-state index contributed by atoms with van der Waals surface area (Å²) in [6.07, 6.45) is 2.20. The lowest BCUT2D eigenvalue weighted by atomic mass is 10.0. The van der Waals surface area contributed by atoms with Gasteiger partial charge in [-0.2, -0.15) is 4.31 Å². The third-order valence-electron chi connectivity index (χ3n) is 5.51. The van der Waals surface area contributed by atoms with Crippen molar-refractivity contribution in [2.75, 3.05) is 6.54 Å². The maximum Gasteiger partial charge on any atom is 0.350 e. The first-order chi connectivity index (χ1) is 14.9. The summed E-state index contributed by atoms with van der Waals surface area (Å²) in [6, 6.07) is 18.5. The van der Waals surface area contributed by atoms with E-state index in [0.29, 0.717) is 19.5 Å². The average molecular weight is 499 g/mol. The maximum atomic E-state index is 13.5. The van der Waals surface area contributed by atoms with Gasteiger partial charge in [-0.3, -0.25) is 0 Å². The maximum absolute atomic E-state index is 13.5. The number of hydrogen-bond donors (Lipinski definition) is 0. The molecule has 9 heteroatoms. The Kier molecular flexibility index (Phi) is 5.04. The van der Waals surface area contributed by atoms with Crippen molar-refractivity contribution < 1.29 is 8.42 Å². The van der Waals surface area contributed by atoms with Crippen molar-refractivity contribution in [2.45, 2.75) is 24.4 Å². The molecule has 0 saturated carbocycles. The van der Waals surface area contributed by atoms with E-state index >= 15 is 0 Å². The van der Waals surface area contributed by atoms with Crippen molar-refractivity contribution >= 4 is 31.6 Å². The zero-order valence-corrected chi connectivity index (χ0v) is 18.9. The predicted octanol–water partition coefficient (Wildman–Crippen LogP) is 3.05. The summed E-state index contributed by atoms with van der Waals surface area (Å²) in [6.45, 7) is 0.947. The number of halogens is 1. The highest BCUT2D eigenvalue weighted by Gasteiger charge is 2.31. The first-order valence-electron chi connectivity index (χ1n) is 9.83. The summed E-state index contributed by atoms with van der Waals surface area (Å²) in [5.74, 6) is 0. The molecule has 0 aliphatic carbocycles. The van der Waals surface area contributed by atoms with Crippen molar-refractivity contribution in [2.24, 2.45) is 0 Å². The number of hydrogen-bond acceptors (Lipinski definition) is 4. The molecule has 2 aromatic carbocycles. The average Bonchev–Trinajstić information content (AvgIpc) is 3.08. The molecular formula is C22H19BrN4O3S. The molecule has 7 nitrogen and oxygen atoms in total. The zero-order chi connectivity index (χ0) is 21.6. The lowest BCUT2D eigenvalue weighted by Gasteiger charge is -2.28. The Morgan fingerprint density at radius 3 is 2.61 bits per heavy atom. The molecule has 0 radical (unpaired) electrons. The van der Waals surface area contributed by atoms with Crippen LogP contribution in [0.1, 0.15) is 16.7 Å². The highest BCUT2D eigenvalue weighted by molar-refractivity contribution is 9.10. The molecule has 1 aliphatic heterocycles. The number of pyridine rings is 1. The van der Waals surface area contributed by atoms with E-state index in [2.05, 4.69) is 21.0 Å². The van der Waals surface area contributed by atoms with Crippen LogP contribution in [0.5, 0.6) is 0 Å². The van der Waals surface area contributed by atoms with Gasteiger partial charge in [-0.05, 0) is 47.4 Å². The van der Waals surface area contributed by atoms with Crippen LogP contribution in [0.4, 0.5) is 0 Å². The minimum atomic E-state index is -3.82. The van der Waals surface area contributed by atoms with Gasteiger partial charge < -0.3 is 0 Å². The second kappa shape index (κ2) is 7.74. The Morgan fingerprint density at radius 1 is 1.00 bits per heavy atom. The van der Waals surface area contributed by atoms with E-state index in [9.17, 15) is 13.2 Å². The van der Waals surface area contributed by atoms with E-state index in [0.717, 1.165) is 15.6 Å². The van der Waals surface area contributed by atoms with Gasteiger partial charge >= 0.3 is 5.69 Å². The van der Waals surface area contributed by atoms with Gasteiger partial charge in [0.25, 0.3) is 0 Å². The fraction of sp³-hybridized carbons (Fsp3) is 0.182. The smallest absolute Gasteiger partial charge is 0.249 e. The predicted molar refractivity (Wildman–Crippen MR) is 120 cm³/mol. The summed E-state index contributed by atoms with van der Waals surface area (Å²) < 4.78 is 31.9. The fourth-order valence-corrected chi connectivity index (χ4v) is 5.93. The van der Waals surface area contributed by atoms with Crippen LogP contribution in [-0.2, 0) is 29.5 Å². The van der Waals surface area contributed by atoms with E-state index in [1.807, 2.05) is 48.5 Å². The highest BCUT2D eigenvalue weighted by atomic mass is 79.9. The number of benzene rings is 2. The molecule has 1 aliphatic rings. The Bertz CT molecular complexity index is 1460. The molecule has 0 unspecified atom stereocenters. The van der Waals surface area contributed by atoms with Gasteiger partial charge in [0.1, 0.15) is 4.90 Å². The van der Waals surface area contributed by atoms with E-state index in [1.54, 1.807) is 12.3 Å². The second-order valence-corrected chi connectivity index (χ2v) is 10.3. The molecule has 0 amide bonds. The van der Waals surface area contributed by atoms with Crippen molar-refractivity contribution in [1.82, 2.24) is 18.5 Å². The zero-order valence-electron chi connectivity index (χ0n) is 16.5. The molecule has 3 heterocycles. The highest BCUT2D eigenvalue weighted by Crippen LogP contribution is 2.26. The summed E-state index contributed by atoms with van der Waals surface area (Å²) in [5, 5.41) is 4.39.